The molecule has 2 fully saturated rings. The van der Waals surface area contributed by atoms with E-state index in [1.807, 2.05) is 19.1 Å². The molecule has 0 aromatic heterocycles. The van der Waals surface area contributed by atoms with Crippen LogP contribution in [0.4, 0.5) is 5.69 Å². The van der Waals surface area contributed by atoms with Crippen LogP contribution < -0.4 is 11.1 Å². The lowest BCUT2D eigenvalue weighted by Gasteiger charge is -2.24. The monoisotopic (exact) mass is 315 g/mol. The Kier molecular flexibility index (Phi) is 4.07. The maximum atomic E-state index is 12.5. The summed E-state index contributed by atoms with van der Waals surface area (Å²) in [5.74, 6) is -1.53. The van der Waals surface area contributed by atoms with E-state index in [2.05, 4.69) is 5.32 Å². The molecule has 1 aliphatic heterocycles. The molecule has 0 bridgehead atoms. The van der Waals surface area contributed by atoms with E-state index in [0.29, 0.717) is 12.2 Å². The first-order valence-electron chi connectivity index (χ1n) is 7.96. The zero-order chi connectivity index (χ0) is 16.6. The summed E-state index contributed by atoms with van der Waals surface area (Å²) in [5, 5.41) is 2.63. The van der Waals surface area contributed by atoms with Crippen molar-refractivity contribution < 1.29 is 14.4 Å². The molecule has 3 amide bonds. The molecule has 1 aromatic rings. The number of para-hydroxylation sites is 1. The number of nitrogens with one attached hydrogen (secondary N) is 1. The van der Waals surface area contributed by atoms with Crippen LogP contribution in [-0.2, 0) is 14.4 Å². The lowest BCUT2D eigenvalue weighted by Crippen LogP contribution is -2.50. The maximum Gasteiger partial charge on any atom is 0.313 e. The molecule has 2 aliphatic rings. The van der Waals surface area contributed by atoms with E-state index >= 15 is 0 Å². The van der Waals surface area contributed by atoms with Gasteiger partial charge in [-0.1, -0.05) is 24.6 Å². The number of carbonyl (C=O) groups is 3. The number of amides is 3. The highest BCUT2D eigenvalue weighted by Crippen LogP contribution is 2.42. The molecule has 1 aromatic carbocycles. The molecular formula is C17H21N3O3. The van der Waals surface area contributed by atoms with Gasteiger partial charge in [0, 0.05) is 12.2 Å². The fourth-order valence-corrected chi connectivity index (χ4v) is 3.90. The second kappa shape index (κ2) is 6.02. The molecule has 6 heteroatoms. The van der Waals surface area contributed by atoms with Crippen LogP contribution in [0.5, 0.6) is 0 Å². The molecule has 6 nitrogen and oxygen atoms in total. The van der Waals surface area contributed by atoms with Gasteiger partial charge in [0.2, 0.25) is 5.91 Å². The third-order valence-electron chi connectivity index (χ3n) is 5.03. The van der Waals surface area contributed by atoms with E-state index in [1.54, 1.807) is 12.1 Å². The van der Waals surface area contributed by atoms with E-state index < -0.39 is 23.8 Å². The van der Waals surface area contributed by atoms with Gasteiger partial charge in [0.25, 0.3) is 0 Å². The minimum absolute atomic E-state index is 0.0997. The number of benzene rings is 1. The van der Waals surface area contributed by atoms with Crippen molar-refractivity contribution in [2.24, 2.45) is 17.6 Å². The fourth-order valence-electron chi connectivity index (χ4n) is 3.90. The molecule has 0 radical (unpaired) electrons. The quantitative estimate of drug-likeness (QED) is 0.799. The zero-order valence-corrected chi connectivity index (χ0v) is 13.1. The Morgan fingerprint density at radius 3 is 2.65 bits per heavy atom. The number of aryl methyl sites for hydroxylation is 1. The average molecular weight is 315 g/mol. The molecule has 3 rings (SSSR count). The third kappa shape index (κ3) is 2.81. The van der Waals surface area contributed by atoms with E-state index in [4.69, 9.17) is 5.73 Å². The normalized spacial score (nSPS) is 26.0. The van der Waals surface area contributed by atoms with Gasteiger partial charge in [-0.05, 0) is 43.2 Å². The van der Waals surface area contributed by atoms with Gasteiger partial charge in [-0.15, -0.1) is 0 Å². The number of rotatable bonds is 2. The number of hydrogen-bond acceptors (Lipinski definition) is 3. The third-order valence-corrected chi connectivity index (χ3v) is 5.03. The molecule has 1 heterocycles. The molecule has 0 spiro atoms. The summed E-state index contributed by atoms with van der Waals surface area (Å²) in [6, 6.07) is 6.59. The Labute approximate surface area is 135 Å². The highest BCUT2D eigenvalue weighted by molar-refractivity contribution is 6.40. The highest BCUT2D eigenvalue weighted by Gasteiger charge is 2.49. The van der Waals surface area contributed by atoms with Crippen molar-refractivity contribution in [3.8, 4) is 0 Å². The van der Waals surface area contributed by atoms with Crippen LogP contribution in [0.1, 0.15) is 24.8 Å². The number of anilines is 1. The molecule has 3 N–H and O–H groups in total. The summed E-state index contributed by atoms with van der Waals surface area (Å²) in [6.07, 6.45) is 2.93. The number of fused-ring (bicyclic) bond motifs is 1. The SMILES string of the molecule is Cc1ccccc1NC(=O)C(=O)N1CC2CCCC2C1C(N)=O. The summed E-state index contributed by atoms with van der Waals surface area (Å²) < 4.78 is 0. The van der Waals surface area contributed by atoms with Gasteiger partial charge in [-0.25, -0.2) is 0 Å². The minimum Gasteiger partial charge on any atom is -0.368 e. The van der Waals surface area contributed by atoms with Crippen LogP contribution in [0.15, 0.2) is 24.3 Å². The topological polar surface area (TPSA) is 92.5 Å². The van der Waals surface area contributed by atoms with Gasteiger partial charge in [-0.2, -0.15) is 0 Å². The highest BCUT2D eigenvalue weighted by atomic mass is 16.2. The van der Waals surface area contributed by atoms with Crippen molar-refractivity contribution in [3.05, 3.63) is 29.8 Å². The minimum atomic E-state index is -0.717. The Balaban J connectivity index is 1.75. The number of carbonyl (C=O) groups excluding carboxylic acids is 3. The van der Waals surface area contributed by atoms with Crippen LogP contribution in [0.2, 0.25) is 0 Å². The molecule has 1 saturated carbocycles. The van der Waals surface area contributed by atoms with Gasteiger partial charge >= 0.3 is 11.8 Å². The first-order chi connectivity index (χ1) is 11.0. The van der Waals surface area contributed by atoms with Crippen molar-refractivity contribution in [3.63, 3.8) is 0 Å². The average Bonchev–Trinajstić information content (AvgIpc) is 3.08. The summed E-state index contributed by atoms with van der Waals surface area (Å²) in [6.45, 7) is 2.30. The van der Waals surface area contributed by atoms with Gasteiger partial charge in [0.15, 0.2) is 0 Å². The molecule has 122 valence electrons. The van der Waals surface area contributed by atoms with Crippen LogP contribution in [0.3, 0.4) is 0 Å². The molecular weight excluding hydrogens is 294 g/mol. The van der Waals surface area contributed by atoms with Crippen LogP contribution in [-0.4, -0.2) is 35.2 Å². The Morgan fingerprint density at radius 1 is 1.22 bits per heavy atom. The number of hydrogen-bond donors (Lipinski definition) is 2. The standard InChI is InChI=1S/C17H21N3O3/c1-10-5-2-3-8-13(10)19-16(22)17(23)20-9-11-6-4-7-12(11)14(20)15(18)21/h2-3,5,8,11-12,14H,4,6-7,9H2,1H3,(H2,18,21)(H,19,22). The molecule has 3 atom stereocenters. The van der Waals surface area contributed by atoms with Crippen molar-refractivity contribution >= 4 is 23.4 Å². The first kappa shape index (κ1) is 15.5. The maximum absolute atomic E-state index is 12.5. The zero-order valence-electron chi connectivity index (χ0n) is 13.1. The van der Waals surface area contributed by atoms with E-state index in [0.717, 1.165) is 24.8 Å². The number of nitrogens with two attached hydrogens (primary N) is 1. The van der Waals surface area contributed by atoms with E-state index in [9.17, 15) is 14.4 Å². The van der Waals surface area contributed by atoms with E-state index in [-0.39, 0.29) is 11.8 Å². The molecule has 1 aliphatic carbocycles. The molecule has 3 unspecified atom stereocenters. The second-order valence-electron chi connectivity index (χ2n) is 6.43. The summed E-state index contributed by atoms with van der Waals surface area (Å²) >= 11 is 0. The lowest BCUT2D eigenvalue weighted by atomic mass is 9.94. The Bertz CT molecular complexity index is 658. The van der Waals surface area contributed by atoms with E-state index in [1.165, 1.54) is 4.90 Å². The number of primary amides is 1. The summed E-state index contributed by atoms with van der Waals surface area (Å²) in [4.78, 5) is 38.0. The molecule has 23 heavy (non-hydrogen) atoms. The second-order valence-corrected chi connectivity index (χ2v) is 6.43. The predicted molar refractivity (Wildman–Crippen MR) is 85.3 cm³/mol. The lowest BCUT2D eigenvalue weighted by molar-refractivity contribution is -0.146. The summed E-state index contributed by atoms with van der Waals surface area (Å²) in [5.41, 5.74) is 6.97. The van der Waals surface area contributed by atoms with Gasteiger partial charge < -0.3 is 16.0 Å². The van der Waals surface area contributed by atoms with Crippen LogP contribution in [0, 0.1) is 18.8 Å². The largest absolute Gasteiger partial charge is 0.368 e. The molecule has 1 saturated heterocycles. The van der Waals surface area contributed by atoms with Crippen molar-refractivity contribution in [1.29, 1.82) is 0 Å². The van der Waals surface area contributed by atoms with Crippen LogP contribution >= 0.6 is 0 Å². The van der Waals surface area contributed by atoms with Crippen molar-refractivity contribution in [2.75, 3.05) is 11.9 Å². The van der Waals surface area contributed by atoms with Gasteiger partial charge in [0.1, 0.15) is 6.04 Å². The fraction of sp³-hybridized carbons (Fsp3) is 0.471. The first-order valence-corrected chi connectivity index (χ1v) is 7.96. The van der Waals surface area contributed by atoms with Gasteiger partial charge in [-0.3, -0.25) is 14.4 Å². The van der Waals surface area contributed by atoms with Gasteiger partial charge in [0.05, 0.1) is 0 Å². The smallest absolute Gasteiger partial charge is 0.313 e. The van der Waals surface area contributed by atoms with Crippen LogP contribution in [0.25, 0.3) is 0 Å². The Morgan fingerprint density at radius 2 is 1.96 bits per heavy atom. The number of likely N-dealkylation sites (tertiary alicyclic amines) is 1. The predicted octanol–water partition coefficient (Wildman–Crippen LogP) is 1.05. The Hall–Kier alpha value is -2.37. The van der Waals surface area contributed by atoms with Crippen molar-refractivity contribution in [2.45, 2.75) is 32.2 Å². The van der Waals surface area contributed by atoms with Crippen molar-refractivity contribution in [1.82, 2.24) is 4.90 Å². The number of nitrogens with zero attached hydrogens (tertiary/aromatic N) is 1. The summed E-state index contributed by atoms with van der Waals surface area (Å²) in [7, 11) is 0.